The fourth-order valence-electron chi connectivity index (χ4n) is 2.70. The number of carbonyl (C=O) groups excluding carboxylic acids is 2. The summed E-state index contributed by atoms with van der Waals surface area (Å²) in [6.07, 6.45) is -4.48. The summed E-state index contributed by atoms with van der Waals surface area (Å²) in [5.74, 6) is -0.124. The lowest BCUT2D eigenvalue weighted by Gasteiger charge is -2.10. The molecule has 3 aromatic rings. The zero-order chi connectivity index (χ0) is 22.6. The van der Waals surface area contributed by atoms with Gasteiger partial charge in [0.2, 0.25) is 11.8 Å². The summed E-state index contributed by atoms with van der Waals surface area (Å²) < 4.78 is 40.1. The first-order valence-electron chi connectivity index (χ1n) is 9.01. The van der Waals surface area contributed by atoms with Gasteiger partial charge in [0.25, 0.3) is 0 Å². The number of rotatable bonds is 6. The van der Waals surface area contributed by atoms with E-state index in [4.69, 9.17) is 0 Å². The zero-order valence-corrected chi connectivity index (χ0v) is 17.3. The summed E-state index contributed by atoms with van der Waals surface area (Å²) in [4.78, 5) is 23.3. The molecule has 0 saturated heterocycles. The number of hydrogen-bond donors (Lipinski definition) is 2. The highest BCUT2D eigenvalue weighted by Gasteiger charge is 2.30. The lowest BCUT2D eigenvalue weighted by molar-refractivity contribution is -0.137. The molecule has 3 rings (SSSR count). The predicted octanol–water partition coefficient (Wildman–Crippen LogP) is 4.19. The molecular weight excluding hydrogens is 431 g/mol. The summed E-state index contributed by atoms with van der Waals surface area (Å²) in [5.41, 5.74) is 0.655. The van der Waals surface area contributed by atoms with Crippen LogP contribution in [0, 0.1) is 0 Å². The molecule has 31 heavy (non-hydrogen) atoms. The molecule has 0 bridgehead atoms. The number of aromatic nitrogens is 3. The highest BCUT2D eigenvalue weighted by molar-refractivity contribution is 7.99. The molecule has 0 fully saturated rings. The Bertz CT molecular complexity index is 1100. The lowest BCUT2D eigenvalue weighted by atomic mass is 10.2. The fourth-order valence-corrected chi connectivity index (χ4v) is 3.41. The van der Waals surface area contributed by atoms with Gasteiger partial charge in [0.05, 0.1) is 11.3 Å². The van der Waals surface area contributed by atoms with Crippen molar-refractivity contribution in [2.45, 2.75) is 18.3 Å². The van der Waals surface area contributed by atoms with E-state index in [-0.39, 0.29) is 17.3 Å². The largest absolute Gasteiger partial charge is 0.416 e. The number of thioether (sulfide) groups is 1. The first-order valence-corrected chi connectivity index (χ1v) is 9.99. The third kappa shape index (κ3) is 5.85. The van der Waals surface area contributed by atoms with Crippen molar-refractivity contribution in [3.8, 4) is 11.4 Å². The number of alkyl halides is 3. The second-order valence-electron chi connectivity index (χ2n) is 6.54. The van der Waals surface area contributed by atoms with Crippen LogP contribution in [0.5, 0.6) is 0 Å². The molecule has 2 amide bonds. The molecule has 0 aliphatic rings. The molecule has 162 valence electrons. The van der Waals surface area contributed by atoms with Crippen LogP contribution >= 0.6 is 11.8 Å². The van der Waals surface area contributed by atoms with E-state index in [9.17, 15) is 22.8 Å². The van der Waals surface area contributed by atoms with E-state index in [1.54, 1.807) is 35.9 Å². The third-order valence-electron chi connectivity index (χ3n) is 4.10. The van der Waals surface area contributed by atoms with Crippen LogP contribution < -0.4 is 10.6 Å². The Kier molecular flexibility index (Phi) is 6.64. The first-order chi connectivity index (χ1) is 14.6. The number of amides is 2. The van der Waals surface area contributed by atoms with Crippen molar-refractivity contribution in [3.63, 3.8) is 0 Å². The standard InChI is InChI=1S/C20H18F3N5O2S/c1-12(29)24-15-8-6-13(7-9-15)18-26-27-19(28(18)2)31-11-17(30)25-16-5-3-4-14(10-16)20(21,22)23/h3-10H,11H2,1-2H3,(H,24,29)(H,25,30). The third-order valence-corrected chi connectivity index (χ3v) is 5.12. The average molecular weight is 449 g/mol. The summed E-state index contributed by atoms with van der Waals surface area (Å²) >= 11 is 1.11. The number of hydrogen-bond acceptors (Lipinski definition) is 5. The minimum absolute atomic E-state index is 0.0519. The van der Waals surface area contributed by atoms with Gasteiger partial charge < -0.3 is 15.2 Å². The van der Waals surface area contributed by atoms with Crippen LogP contribution in [0.1, 0.15) is 12.5 Å². The smallest absolute Gasteiger partial charge is 0.326 e. The van der Waals surface area contributed by atoms with E-state index in [0.717, 1.165) is 29.5 Å². The van der Waals surface area contributed by atoms with Gasteiger partial charge in [0.1, 0.15) is 0 Å². The molecule has 0 aliphatic heterocycles. The average Bonchev–Trinajstić information content (AvgIpc) is 3.06. The van der Waals surface area contributed by atoms with Gasteiger partial charge in [-0.1, -0.05) is 17.8 Å². The summed E-state index contributed by atoms with van der Waals surface area (Å²) in [6, 6.07) is 11.5. The van der Waals surface area contributed by atoms with Gasteiger partial charge in [-0.15, -0.1) is 10.2 Å². The van der Waals surface area contributed by atoms with Gasteiger partial charge >= 0.3 is 6.18 Å². The van der Waals surface area contributed by atoms with Crippen molar-refractivity contribution in [2.24, 2.45) is 7.05 Å². The number of benzene rings is 2. The van der Waals surface area contributed by atoms with Crippen molar-refractivity contribution < 1.29 is 22.8 Å². The van der Waals surface area contributed by atoms with Gasteiger partial charge in [-0.05, 0) is 42.5 Å². The molecule has 2 N–H and O–H groups in total. The van der Waals surface area contributed by atoms with E-state index in [1.807, 2.05) is 0 Å². The second-order valence-corrected chi connectivity index (χ2v) is 7.48. The molecule has 0 atom stereocenters. The Morgan fingerprint density at radius 2 is 1.74 bits per heavy atom. The predicted molar refractivity (Wildman–Crippen MR) is 112 cm³/mol. The number of anilines is 2. The van der Waals surface area contributed by atoms with Crippen molar-refractivity contribution in [1.82, 2.24) is 14.8 Å². The Hall–Kier alpha value is -3.34. The summed E-state index contributed by atoms with van der Waals surface area (Å²) in [5, 5.41) is 13.8. The molecule has 11 heteroatoms. The van der Waals surface area contributed by atoms with Crippen LogP contribution in [0.15, 0.2) is 53.7 Å². The molecule has 0 aliphatic carbocycles. The van der Waals surface area contributed by atoms with Gasteiger partial charge in [0, 0.05) is 30.9 Å². The quantitative estimate of drug-likeness (QED) is 0.551. The minimum atomic E-state index is -4.48. The van der Waals surface area contributed by atoms with Crippen LogP contribution in [-0.4, -0.2) is 32.3 Å². The van der Waals surface area contributed by atoms with Gasteiger partial charge in [-0.25, -0.2) is 0 Å². The van der Waals surface area contributed by atoms with Crippen molar-refractivity contribution >= 4 is 35.0 Å². The maximum atomic E-state index is 12.8. The SMILES string of the molecule is CC(=O)Nc1ccc(-c2nnc(SCC(=O)Nc3cccc(C(F)(F)F)c3)n2C)cc1. The molecule has 0 unspecified atom stereocenters. The molecule has 1 aromatic heterocycles. The Morgan fingerprint density at radius 1 is 1.03 bits per heavy atom. The van der Waals surface area contributed by atoms with Gasteiger partial charge in [0.15, 0.2) is 11.0 Å². The monoisotopic (exact) mass is 449 g/mol. The molecule has 2 aromatic carbocycles. The number of carbonyl (C=O) groups is 2. The van der Waals surface area contributed by atoms with Crippen LogP contribution in [0.25, 0.3) is 11.4 Å². The van der Waals surface area contributed by atoms with Gasteiger partial charge in [-0.2, -0.15) is 13.2 Å². The van der Waals surface area contributed by atoms with Crippen LogP contribution in [0.2, 0.25) is 0 Å². The normalized spacial score (nSPS) is 11.3. The summed E-state index contributed by atoms with van der Waals surface area (Å²) in [6.45, 7) is 1.42. The van der Waals surface area contributed by atoms with Crippen molar-refractivity contribution in [1.29, 1.82) is 0 Å². The molecule has 0 saturated carbocycles. The molecule has 0 spiro atoms. The molecule has 7 nitrogen and oxygen atoms in total. The highest BCUT2D eigenvalue weighted by Crippen LogP contribution is 2.31. The highest BCUT2D eigenvalue weighted by atomic mass is 32.2. The van der Waals surface area contributed by atoms with Gasteiger partial charge in [-0.3, -0.25) is 9.59 Å². The summed E-state index contributed by atoms with van der Waals surface area (Å²) in [7, 11) is 1.74. The lowest BCUT2D eigenvalue weighted by Crippen LogP contribution is -2.15. The van der Waals surface area contributed by atoms with E-state index < -0.39 is 17.6 Å². The Balaban J connectivity index is 1.62. The first kappa shape index (κ1) is 22.3. The zero-order valence-electron chi connectivity index (χ0n) is 16.5. The molecule has 1 heterocycles. The maximum Gasteiger partial charge on any atom is 0.416 e. The second kappa shape index (κ2) is 9.21. The number of nitrogens with zero attached hydrogens (tertiary/aromatic N) is 3. The van der Waals surface area contributed by atoms with E-state index in [0.29, 0.717) is 16.7 Å². The van der Waals surface area contributed by atoms with E-state index in [2.05, 4.69) is 20.8 Å². The Labute approximate surface area is 180 Å². The van der Waals surface area contributed by atoms with Crippen molar-refractivity contribution in [3.05, 3.63) is 54.1 Å². The topological polar surface area (TPSA) is 88.9 Å². The number of nitrogens with one attached hydrogen (secondary N) is 2. The maximum absolute atomic E-state index is 12.8. The fraction of sp³-hybridized carbons (Fsp3) is 0.200. The Morgan fingerprint density at radius 3 is 2.39 bits per heavy atom. The number of halogens is 3. The van der Waals surface area contributed by atoms with Crippen LogP contribution in [0.3, 0.4) is 0 Å². The molecular formula is C20H18F3N5O2S. The van der Waals surface area contributed by atoms with Crippen LogP contribution in [0.4, 0.5) is 24.5 Å². The van der Waals surface area contributed by atoms with E-state index in [1.165, 1.54) is 19.1 Å². The molecule has 0 radical (unpaired) electrons. The van der Waals surface area contributed by atoms with Crippen LogP contribution in [-0.2, 0) is 22.8 Å². The minimum Gasteiger partial charge on any atom is -0.326 e. The van der Waals surface area contributed by atoms with E-state index >= 15 is 0 Å². The van der Waals surface area contributed by atoms with Crippen molar-refractivity contribution in [2.75, 3.05) is 16.4 Å².